The molecule has 4 unspecified atom stereocenters. The molecule has 3 aliphatic heterocycles. The summed E-state index contributed by atoms with van der Waals surface area (Å²) < 4.78 is 24.7. The van der Waals surface area contributed by atoms with Crippen molar-refractivity contribution in [3.8, 4) is 0 Å². The zero-order valence-electron chi connectivity index (χ0n) is 13.3. The number of carbonyl (C=O) groups is 1. The van der Waals surface area contributed by atoms with E-state index in [0.717, 1.165) is 24.2 Å². The van der Waals surface area contributed by atoms with Crippen LogP contribution in [0.1, 0.15) is 25.3 Å². The summed E-state index contributed by atoms with van der Waals surface area (Å²) in [4.78, 5) is 14.7. The maximum atomic E-state index is 13.1. The van der Waals surface area contributed by atoms with Gasteiger partial charge in [-0.05, 0) is 37.5 Å². The van der Waals surface area contributed by atoms with Crippen molar-refractivity contribution < 1.29 is 18.7 Å². The summed E-state index contributed by atoms with van der Waals surface area (Å²) in [5.41, 5.74) is 1.59. The first-order chi connectivity index (χ1) is 11.1. The fourth-order valence-electron chi connectivity index (χ4n) is 4.33. The first-order valence-electron chi connectivity index (χ1n) is 8.06. The minimum atomic E-state index is -0.266. The van der Waals surface area contributed by atoms with Crippen LogP contribution in [-0.4, -0.2) is 36.2 Å². The van der Waals surface area contributed by atoms with Gasteiger partial charge in [0.1, 0.15) is 11.6 Å². The normalized spacial score (nSPS) is 32.5. The lowest BCUT2D eigenvalue weighted by atomic mass is 9.78. The molecule has 1 aromatic rings. The van der Waals surface area contributed by atoms with Crippen LogP contribution in [0, 0.1) is 11.7 Å². The highest BCUT2D eigenvalue weighted by Gasteiger charge is 2.57. The Morgan fingerprint density at radius 3 is 2.65 bits per heavy atom. The summed E-state index contributed by atoms with van der Waals surface area (Å²) in [6.07, 6.45) is 2.21. The van der Waals surface area contributed by atoms with Gasteiger partial charge in [-0.1, -0.05) is 12.1 Å². The predicted octanol–water partition coefficient (Wildman–Crippen LogP) is 2.63. The molecule has 0 spiro atoms. The topological polar surface area (TPSA) is 38.8 Å². The van der Waals surface area contributed by atoms with Crippen LogP contribution < -0.4 is 0 Å². The lowest BCUT2D eigenvalue weighted by Gasteiger charge is -2.42. The Morgan fingerprint density at radius 1 is 1.26 bits per heavy atom. The zero-order valence-corrected chi connectivity index (χ0v) is 13.3. The number of fused-ring (bicyclic) bond motifs is 5. The average molecular weight is 317 g/mol. The van der Waals surface area contributed by atoms with Crippen molar-refractivity contribution in [3.63, 3.8) is 0 Å². The molecule has 23 heavy (non-hydrogen) atoms. The molecule has 3 heterocycles. The highest BCUT2D eigenvalue weighted by Crippen LogP contribution is 2.48. The van der Waals surface area contributed by atoms with Crippen LogP contribution in [0.2, 0.25) is 0 Å². The van der Waals surface area contributed by atoms with E-state index in [4.69, 9.17) is 9.47 Å². The molecule has 0 saturated carbocycles. The van der Waals surface area contributed by atoms with Crippen LogP contribution in [-0.2, 0) is 20.8 Å². The minimum Gasteiger partial charge on any atom is -0.500 e. The van der Waals surface area contributed by atoms with Crippen LogP contribution in [0.3, 0.4) is 0 Å². The monoisotopic (exact) mass is 317 g/mol. The Bertz CT molecular complexity index is 669. The molecule has 5 heteroatoms. The zero-order chi connectivity index (χ0) is 16.1. The Morgan fingerprint density at radius 2 is 1.96 bits per heavy atom. The minimum absolute atomic E-state index is 0.0106. The second kappa shape index (κ2) is 5.34. The average Bonchev–Trinajstić information content (AvgIpc) is 3.15. The molecule has 4 atom stereocenters. The summed E-state index contributed by atoms with van der Waals surface area (Å²) in [5.74, 6) is 0.626. The fourth-order valence-corrected chi connectivity index (χ4v) is 4.33. The largest absolute Gasteiger partial charge is 0.500 e. The summed E-state index contributed by atoms with van der Waals surface area (Å²) in [5, 5.41) is 0. The first-order valence-corrected chi connectivity index (χ1v) is 8.06. The third-order valence-corrected chi connectivity index (χ3v) is 5.33. The second-order valence-corrected chi connectivity index (χ2v) is 6.56. The van der Waals surface area contributed by atoms with Crippen LogP contribution >= 0.6 is 0 Å². The van der Waals surface area contributed by atoms with Crippen molar-refractivity contribution >= 4 is 5.91 Å². The van der Waals surface area contributed by atoms with E-state index in [9.17, 15) is 9.18 Å². The van der Waals surface area contributed by atoms with Gasteiger partial charge in [0.05, 0.1) is 36.9 Å². The van der Waals surface area contributed by atoms with Crippen LogP contribution in [0.25, 0.3) is 0 Å². The predicted molar refractivity (Wildman–Crippen MR) is 81.8 cm³/mol. The quantitative estimate of drug-likeness (QED) is 0.860. The molecule has 4 rings (SSSR count). The van der Waals surface area contributed by atoms with Crippen LogP contribution in [0.5, 0.6) is 0 Å². The molecular weight excluding hydrogens is 297 g/mol. The molecule has 2 bridgehead atoms. The number of ether oxygens (including phenoxy) is 2. The van der Waals surface area contributed by atoms with Gasteiger partial charge in [-0.3, -0.25) is 4.79 Å². The molecule has 0 aromatic heterocycles. The number of amides is 1. The van der Waals surface area contributed by atoms with E-state index < -0.39 is 0 Å². The van der Waals surface area contributed by atoms with E-state index in [1.54, 1.807) is 19.2 Å². The van der Waals surface area contributed by atoms with Crippen molar-refractivity contribution in [2.45, 2.75) is 44.6 Å². The van der Waals surface area contributed by atoms with Crippen molar-refractivity contribution in [1.29, 1.82) is 0 Å². The molecule has 2 fully saturated rings. The van der Waals surface area contributed by atoms with Gasteiger partial charge in [-0.2, -0.15) is 0 Å². The number of rotatable bonds is 3. The molecule has 0 radical (unpaired) electrons. The number of methoxy groups -OCH3 is 1. The molecule has 2 saturated heterocycles. The number of carbonyl (C=O) groups excluding carboxylic acids is 1. The summed E-state index contributed by atoms with van der Waals surface area (Å²) in [6, 6.07) is 6.35. The Kier molecular flexibility index (Phi) is 3.41. The molecular formula is C18H20FNO3. The lowest BCUT2D eigenvalue weighted by Crippen LogP contribution is -2.54. The van der Waals surface area contributed by atoms with E-state index in [1.807, 2.05) is 11.8 Å². The van der Waals surface area contributed by atoms with Crippen LogP contribution in [0.15, 0.2) is 35.6 Å². The highest BCUT2D eigenvalue weighted by molar-refractivity contribution is 5.95. The van der Waals surface area contributed by atoms with E-state index in [1.165, 1.54) is 12.1 Å². The lowest BCUT2D eigenvalue weighted by molar-refractivity contribution is -0.134. The SMILES string of the molecule is COC1=C(C)C(=O)N(Cc2ccc(F)cc2)C2C3CCC(O3)C12. The molecule has 0 aliphatic carbocycles. The van der Waals surface area contributed by atoms with Gasteiger partial charge in [0.15, 0.2) is 0 Å². The number of hydrogen-bond acceptors (Lipinski definition) is 3. The maximum Gasteiger partial charge on any atom is 0.253 e. The van der Waals surface area contributed by atoms with Crippen molar-refractivity contribution in [2.24, 2.45) is 5.92 Å². The van der Waals surface area contributed by atoms with E-state index in [-0.39, 0.29) is 35.9 Å². The summed E-state index contributed by atoms with van der Waals surface area (Å²) in [6.45, 7) is 2.29. The fraction of sp³-hybridized carbons (Fsp3) is 0.500. The first kappa shape index (κ1) is 14.7. The Balaban J connectivity index is 1.70. The van der Waals surface area contributed by atoms with Gasteiger partial charge in [0, 0.05) is 6.54 Å². The van der Waals surface area contributed by atoms with Crippen molar-refractivity contribution in [3.05, 3.63) is 47.0 Å². The number of nitrogens with zero attached hydrogens (tertiary/aromatic N) is 1. The third-order valence-electron chi connectivity index (χ3n) is 5.33. The molecule has 1 amide bonds. The highest BCUT2D eigenvalue weighted by atomic mass is 19.1. The Labute approximate surface area is 134 Å². The van der Waals surface area contributed by atoms with E-state index in [2.05, 4.69) is 0 Å². The molecule has 3 aliphatic rings. The number of halogens is 1. The van der Waals surface area contributed by atoms with Gasteiger partial charge in [0.25, 0.3) is 5.91 Å². The third kappa shape index (κ3) is 2.17. The number of hydrogen-bond donors (Lipinski definition) is 0. The second-order valence-electron chi connectivity index (χ2n) is 6.56. The maximum absolute atomic E-state index is 13.1. The summed E-state index contributed by atoms with van der Waals surface area (Å²) in [7, 11) is 1.63. The van der Waals surface area contributed by atoms with Gasteiger partial charge in [0.2, 0.25) is 0 Å². The van der Waals surface area contributed by atoms with Gasteiger partial charge in [-0.25, -0.2) is 4.39 Å². The standard InChI is InChI=1S/C18H20FNO3/c1-10-17(22-2)15-13-7-8-14(23-13)16(15)20(18(10)21)9-11-3-5-12(19)6-4-11/h3-6,13-16H,7-9H2,1-2H3. The van der Waals surface area contributed by atoms with Gasteiger partial charge in [-0.15, -0.1) is 0 Å². The van der Waals surface area contributed by atoms with Crippen LogP contribution in [0.4, 0.5) is 4.39 Å². The van der Waals surface area contributed by atoms with Gasteiger partial charge < -0.3 is 14.4 Å². The molecule has 0 N–H and O–H groups in total. The van der Waals surface area contributed by atoms with Crippen molar-refractivity contribution in [1.82, 2.24) is 4.90 Å². The van der Waals surface area contributed by atoms with Crippen molar-refractivity contribution in [2.75, 3.05) is 7.11 Å². The van der Waals surface area contributed by atoms with E-state index >= 15 is 0 Å². The summed E-state index contributed by atoms with van der Waals surface area (Å²) >= 11 is 0. The molecule has 4 nitrogen and oxygen atoms in total. The Hall–Kier alpha value is -1.88. The van der Waals surface area contributed by atoms with E-state index in [0.29, 0.717) is 12.1 Å². The van der Waals surface area contributed by atoms with Gasteiger partial charge >= 0.3 is 0 Å². The number of benzene rings is 1. The molecule has 1 aromatic carbocycles. The smallest absolute Gasteiger partial charge is 0.253 e. The molecule has 122 valence electrons.